The third-order valence-electron chi connectivity index (χ3n) is 3.93. The molecule has 1 heterocycles. The molecule has 8 heteroatoms. The number of carbonyl (C=O) groups excluding carboxylic acids is 2. The summed E-state index contributed by atoms with van der Waals surface area (Å²) in [5, 5.41) is 8.95. The molecule has 2 rings (SSSR count). The molecule has 0 fully saturated rings. The van der Waals surface area contributed by atoms with Crippen LogP contribution in [0.15, 0.2) is 34.3 Å². The number of nitrogens with zero attached hydrogens (tertiary/aromatic N) is 2. The Labute approximate surface area is 159 Å². The van der Waals surface area contributed by atoms with Crippen LogP contribution in [-0.4, -0.2) is 48.1 Å². The van der Waals surface area contributed by atoms with E-state index in [1.165, 1.54) is 6.92 Å². The Kier molecular flexibility index (Phi) is 8.14. The zero-order valence-corrected chi connectivity index (χ0v) is 15.8. The molecule has 1 aliphatic carbocycles. The molecular weight excluding hydrogens is 350 g/mol. The largest absolute Gasteiger partial charge is 0.355 e. The predicted molar refractivity (Wildman–Crippen MR) is 107 cm³/mol. The first-order valence-electron chi connectivity index (χ1n) is 8.86. The summed E-state index contributed by atoms with van der Waals surface area (Å²) in [5.41, 5.74) is 0.922. The molecule has 0 saturated heterocycles. The van der Waals surface area contributed by atoms with Gasteiger partial charge in [-0.15, -0.1) is 0 Å². The molecular formula is C18H25N5O2S. The first-order chi connectivity index (χ1) is 12.6. The van der Waals surface area contributed by atoms with E-state index in [-0.39, 0.29) is 17.7 Å². The normalized spacial score (nSPS) is 19.6. The Morgan fingerprint density at radius 1 is 1.23 bits per heavy atom. The summed E-state index contributed by atoms with van der Waals surface area (Å²) in [6.07, 6.45) is 11.1. The fourth-order valence-electron chi connectivity index (χ4n) is 2.64. The molecule has 1 unspecified atom stereocenters. The molecule has 0 radical (unpaired) electrons. The van der Waals surface area contributed by atoms with E-state index >= 15 is 0 Å². The molecule has 140 valence electrons. The Morgan fingerprint density at radius 2 is 2.04 bits per heavy atom. The average molecular weight is 375 g/mol. The zero-order chi connectivity index (χ0) is 18.8. The highest BCUT2D eigenvalue weighted by atomic mass is 32.1. The van der Waals surface area contributed by atoms with E-state index in [0.29, 0.717) is 31.2 Å². The van der Waals surface area contributed by atoms with Gasteiger partial charge in [-0.05, 0) is 31.1 Å². The number of hydrogen-bond donors (Lipinski definition) is 3. The molecule has 0 spiro atoms. The Morgan fingerprint density at radius 3 is 2.85 bits per heavy atom. The molecule has 1 aliphatic heterocycles. The number of unbranched alkanes of at least 4 members (excludes halogenated alkanes) is 2. The van der Waals surface area contributed by atoms with Crippen molar-refractivity contribution >= 4 is 40.7 Å². The van der Waals surface area contributed by atoms with Crippen LogP contribution in [0.3, 0.4) is 0 Å². The fourth-order valence-corrected chi connectivity index (χ4v) is 2.85. The highest BCUT2D eigenvalue weighted by Crippen LogP contribution is 2.15. The maximum absolute atomic E-state index is 11.7. The summed E-state index contributed by atoms with van der Waals surface area (Å²) in [5.74, 6) is 0.825. The minimum Gasteiger partial charge on any atom is -0.355 e. The summed E-state index contributed by atoms with van der Waals surface area (Å²) in [6.45, 7) is 3.07. The van der Waals surface area contributed by atoms with E-state index in [4.69, 9.17) is 12.2 Å². The van der Waals surface area contributed by atoms with Gasteiger partial charge in [-0.2, -0.15) is 0 Å². The second-order valence-electron chi connectivity index (χ2n) is 6.10. The minimum atomic E-state index is -0.0905. The third kappa shape index (κ3) is 6.87. The van der Waals surface area contributed by atoms with Crippen molar-refractivity contribution in [3.63, 3.8) is 0 Å². The number of amides is 2. The summed E-state index contributed by atoms with van der Waals surface area (Å²) < 4.78 is 0. The van der Waals surface area contributed by atoms with Crippen molar-refractivity contribution in [2.24, 2.45) is 15.9 Å². The molecule has 0 aromatic heterocycles. The lowest BCUT2D eigenvalue weighted by atomic mass is 9.96. The molecule has 0 aromatic rings. The van der Waals surface area contributed by atoms with Crippen molar-refractivity contribution in [3.05, 3.63) is 24.3 Å². The number of rotatable bonds is 9. The van der Waals surface area contributed by atoms with Crippen LogP contribution in [0.1, 0.15) is 32.6 Å². The SMILES string of the molecule is CC(=O)NCCNC(=O)CCCCCN=C1NC(=S)N=C2C=CC=CC21. The van der Waals surface area contributed by atoms with Crippen LogP contribution in [0.5, 0.6) is 0 Å². The Bertz CT molecular complexity index is 666. The van der Waals surface area contributed by atoms with Crippen molar-refractivity contribution in [2.45, 2.75) is 32.6 Å². The van der Waals surface area contributed by atoms with Gasteiger partial charge in [0.2, 0.25) is 11.8 Å². The number of amidine groups is 1. The van der Waals surface area contributed by atoms with E-state index in [2.05, 4.69) is 32.0 Å². The van der Waals surface area contributed by atoms with Gasteiger partial charge in [0.15, 0.2) is 5.11 Å². The van der Waals surface area contributed by atoms with Crippen LogP contribution >= 0.6 is 12.2 Å². The summed E-state index contributed by atoms with van der Waals surface area (Å²) >= 11 is 5.15. The molecule has 0 saturated carbocycles. The maximum atomic E-state index is 11.7. The highest BCUT2D eigenvalue weighted by Gasteiger charge is 2.24. The first kappa shape index (κ1) is 20.0. The van der Waals surface area contributed by atoms with Gasteiger partial charge in [0, 0.05) is 33.0 Å². The van der Waals surface area contributed by atoms with Gasteiger partial charge in [-0.1, -0.05) is 24.6 Å². The lowest BCUT2D eigenvalue weighted by Crippen LogP contribution is -2.42. The van der Waals surface area contributed by atoms with Gasteiger partial charge >= 0.3 is 0 Å². The van der Waals surface area contributed by atoms with Crippen LogP contribution in [0.4, 0.5) is 0 Å². The number of thiocarbonyl (C=S) groups is 1. The molecule has 7 nitrogen and oxygen atoms in total. The first-order valence-corrected chi connectivity index (χ1v) is 9.27. The topological polar surface area (TPSA) is 95.0 Å². The van der Waals surface area contributed by atoms with Gasteiger partial charge in [0.05, 0.1) is 11.6 Å². The molecule has 1 atom stereocenters. The average Bonchev–Trinajstić information content (AvgIpc) is 2.61. The molecule has 0 aromatic carbocycles. The predicted octanol–water partition coefficient (Wildman–Crippen LogP) is 1.27. The quantitative estimate of drug-likeness (QED) is 0.418. The minimum absolute atomic E-state index is 0.0148. The standard InChI is InChI=1S/C18H25N5O2S/c1-13(24)19-11-12-20-16(25)9-3-2-6-10-21-17-14-7-4-5-8-15(14)22-18(26)23-17/h4-5,7-8,14H,2-3,6,9-12H2,1H3,(H,19,24)(H,20,25)(H,21,23,26). The number of allylic oxidation sites excluding steroid dienone is 3. The van der Waals surface area contributed by atoms with Gasteiger partial charge in [-0.25, -0.2) is 4.99 Å². The van der Waals surface area contributed by atoms with E-state index in [9.17, 15) is 9.59 Å². The lowest BCUT2D eigenvalue weighted by molar-refractivity contribution is -0.122. The van der Waals surface area contributed by atoms with E-state index < -0.39 is 0 Å². The molecule has 3 N–H and O–H groups in total. The molecule has 0 bridgehead atoms. The van der Waals surface area contributed by atoms with Crippen LogP contribution < -0.4 is 16.0 Å². The lowest BCUT2D eigenvalue weighted by Gasteiger charge is -2.24. The summed E-state index contributed by atoms with van der Waals surface area (Å²) in [6, 6.07) is 0. The van der Waals surface area contributed by atoms with Gasteiger partial charge in [0.1, 0.15) is 5.84 Å². The van der Waals surface area contributed by atoms with Gasteiger partial charge in [-0.3, -0.25) is 14.6 Å². The Hall–Kier alpha value is -2.35. The summed E-state index contributed by atoms with van der Waals surface area (Å²) in [4.78, 5) is 31.3. The smallest absolute Gasteiger partial charge is 0.220 e. The van der Waals surface area contributed by atoms with Crippen LogP contribution in [0.25, 0.3) is 0 Å². The maximum Gasteiger partial charge on any atom is 0.220 e. The van der Waals surface area contributed by atoms with Gasteiger partial charge < -0.3 is 16.0 Å². The highest BCUT2D eigenvalue weighted by molar-refractivity contribution is 7.80. The second kappa shape index (κ2) is 10.6. The number of aliphatic imine (C=N–C) groups is 2. The molecule has 2 aliphatic rings. The van der Waals surface area contributed by atoms with Gasteiger partial charge in [0.25, 0.3) is 0 Å². The number of nitrogens with one attached hydrogen (secondary N) is 3. The van der Waals surface area contributed by atoms with Crippen molar-refractivity contribution in [1.82, 2.24) is 16.0 Å². The van der Waals surface area contributed by atoms with E-state index in [0.717, 1.165) is 30.8 Å². The number of fused-ring (bicyclic) bond motifs is 1. The molecule has 26 heavy (non-hydrogen) atoms. The third-order valence-corrected chi connectivity index (χ3v) is 4.12. The van der Waals surface area contributed by atoms with Crippen LogP contribution in [0, 0.1) is 5.92 Å². The van der Waals surface area contributed by atoms with Crippen LogP contribution in [-0.2, 0) is 9.59 Å². The number of hydrogen-bond acceptors (Lipinski definition) is 4. The summed E-state index contributed by atoms with van der Waals surface area (Å²) in [7, 11) is 0. The van der Waals surface area contributed by atoms with E-state index in [1.54, 1.807) is 0 Å². The zero-order valence-electron chi connectivity index (χ0n) is 15.0. The van der Waals surface area contributed by atoms with Crippen molar-refractivity contribution in [3.8, 4) is 0 Å². The van der Waals surface area contributed by atoms with Crippen LogP contribution in [0.2, 0.25) is 0 Å². The Balaban J connectivity index is 1.61. The number of carbonyl (C=O) groups is 2. The van der Waals surface area contributed by atoms with Crippen molar-refractivity contribution < 1.29 is 9.59 Å². The van der Waals surface area contributed by atoms with Crippen molar-refractivity contribution in [2.75, 3.05) is 19.6 Å². The molecule has 2 amide bonds. The second-order valence-corrected chi connectivity index (χ2v) is 6.49. The fraction of sp³-hybridized carbons (Fsp3) is 0.500. The van der Waals surface area contributed by atoms with E-state index in [1.807, 2.05) is 18.2 Å². The van der Waals surface area contributed by atoms with Crippen molar-refractivity contribution in [1.29, 1.82) is 0 Å². The monoisotopic (exact) mass is 375 g/mol.